The molecule has 1 saturated heterocycles. The number of hydrogen-bond acceptors (Lipinski definition) is 4. The lowest BCUT2D eigenvalue weighted by Crippen LogP contribution is -2.43. The first-order valence-corrected chi connectivity index (χ1v) is 7.64. The van der Waals surface area contributed by atoms with Gasteiger partial charge in [0.05, 0.1) is 0 Å². The monoisotopic (exact) mass is 333 g/mol. The van der Waals surface area contributed by atoms with Gasteiger partial charge in [0.1, 0.15) is 16.9 Å². The number of halogens is 1. The predicted molar refractivity (Wildman–Crippen MR) is 85.4 cm³/mol. The summed E-state index contributed by atoms with van der Waals surface area (Å²) >= 11 is 5.92. The third kappa shape index (κ3) is 2.21. The summed E-state index contributed by atoms with van der Waals surface area (Å²) in [5, 5.41) is 7.21. The van der Waals surface area contributed by atoms with Crippen LogP contribution >= 0.6 is 11.6 Å². The maximum Gasteiger partial charge on any atom is 0.330 e. The Morgan fingerprint density at radius 1 is 1.26 bits per heavy atom. The molecule has 120 valence electrons. The fourth-order valence-corrected chi connectivity index (χ4v) is 3.08. The number of carbonyl (C=O) groups is 2. The highest BCUT2D eigenvalue weighted by atomic mass is 35.5. The molecule has 2 heterocycles. The van der Waals surface area contributed by atoms with Crippen LogP contribution in [0, 0.1) is 13.8 Å². The van der Waals surface area contributed by atoms with Crippen molar-refractivity contribution in [1.82, 2.24) is 10.5 Å². The highest BCUT2D eigenvalue weighted by Crippen LogP contribution is 2.37. The molecule has 0 bridgehead atoms. The lowest BCUT2D eigenvalue weighted by molar-refractivity contribution is -0.122. The molecule has 7 heteroatoms. The Kier molecular flexibility index (Phi) is 3.64. The maximum absolute atomic E-state index is 13.1. The standard InChI is InChI=1S/C16H16ClN3O3/c1-4-16(11-5-7-12(17)8-6-11)14(21)20(15(22)18-16)13-9(2)19-23-10(13)3/h5-8H,4H2,1-3H3,(H,18,22). The molecule has 1 atom stereocenters. The number of anilines is 1. The zero-order chi connectivity index (χ0) is 16.8. The molecule has 0 saturated carbocycles. The van der Waals surface area contributed by atoms with E-state index in [1.54, 1.807) is 38.1 Å². The van der Waals surface area contributed by atoms with Crippen LogP contribution in [0.15, 0.2) is 28.8 Å². The van der Waals surface area contributed by atoms with Crippen LogP contribution < -0.4 is 10.2 Å². The topological polar surface area (TPSA) is 75.4 Å². The van der Waals surface area contributed by atoms with Gasteiger partial charge in [0.15, 0.2) is 5.76 Å². The number of carbonyl (C=O) groups excluding carboxylic acids is 2. The van der Waals surface area contributed by atoms with Gasteiger partial charge < -0.3 is 9.84 Å². The number of aryl methyl sites for hydroxylation is 2. The van der Waals surface area contributed by atoms with Gasteiger partial charge in [-0.1, -0.05) is 35.8 Å². The minimum Gasteiger partial charge on any atom is -0.359 e. The smallest absolute Gasteiger partial charge is 0.330 e. The molecule has 6 nitrogen and oxygen atoms in total. The Hall–Kier alpha value is -2.34. The van der Waals surface area contributed by atoms with E-state index in [1.807, 2.05) is 6.92 Å². The maximum atomic E-state index is 13.1. The molecular weight excluding hydrogens is 318 g/mol. The fraction of sp³-hybridized carbons (Fsp3) is 0.312. The quantitative estimate of drug-likeness (QED) is 0.874. The van der Waals surface area contributed by atoms with Crippen molar-refractivity contribution >= 4 is 29.2 Å². The third-order valence-electron chi connectivity index (χ3n) is 4.18. The molecule has 1 aromatic carbocycles. The molecule has 1 fully saturated rings. The van der Waals surface area contributed by atoms with Crippen molar-refractivity contribution in [3.63, 3.8) is 0 Å². The summed E-state index contributed by atoms with van der Waals surface area (Å²) < 4.78 is 5.09. The second-order valence-corrected chi connectivity index (χ2v) is 5.95. The van der Waals surface area contributed by atoms with Crippen molar-refractivity contribution < 1.29 is 14.1 Å². The van der Waals surface area contributed by atoms with Crippen molar-refractivity contribution in [2.45, 2.75) is 32.7 Å². The molecule has 0 spiro atoms. The number of nitrogens with zero attached hydrogens (tertiary/aromatic N) is 2. The van der Waals surface area contributed by atoms with Gasteiger partial charge >= 0.3 is 6.03 Å². The molecule has 1 N–H and O–H groups in total. The SMILES string of the molecule is CCC1(c2ccc(Cl)cc2)NC(=O)N(c2c(C)noc2C)C1=O. The Morgan fingerprint density at radius 3 is 2.43 bits per heavy atom. The van der Waals surface area contributed by atoms with Crippen LogP contribution in [0.4, 0.5) is 10.5 Å². The van der Waals surface area contributed by atoms with Gasteiger partial charge in [0.2, 0.25) is 0 Å². The zero-order valence-electron chi connectivity index (χ0n) is 13.0. The first-order valence-electron chi connectivity index (χ1n) is 7.26. The van der Waals surface area contributed by atoms with E-state index >= 15 is 0 Å². The van der Waals surface area contributed by atoms with Crippen LogP contribution in [-0.4, -0.2) is 17.1 Å². The van der Waals surface area contributed by atoms with Crippen molar-refractivity contribution in [3.8, 4) is 0 Å². The molecule has 1 aliphatic rings. The average Bonchev–Trinajstić information content (AvgIpc) is 2.98. The molecule has 1 unspecified atom stereocenters. The zero-order valence-corrected chi connectivity index (χ0v) is 13.8. The van der Waals surface area contributed by atoms with Crippen molar-refractivity contribution in [2.75, 3.05) is 4.90 Å². The number of hydrogen-bond donors (Lipinski definition) is 1. The van der Waals surface area contributed by atoms with Gasteiger partial charge in [-0.25, -0.2) is 9.69 Å². The number of imide groups is 1. The van der Waals surface area contributed by atoms with E-state index in [2.05, 4.69) is 10.5 Å². The van der Waals surface area contributed by atoms with Gasteiger partial charge in [0.25, 0.3) is 5.91 Å². The van der Waals surface area contributed by atoms with Crippen LogP contribution in [0.3, 0.4) is 0 Å². The normalized spacial score (nSPS) is 21.0. The molecule has 0 radical (unpaired) electrons. The van der Waals surface area contributed by atoms with Gasteiger partial charge in [-0.15, -0.1) is 0 Å². The summed E-state index contributed by atoms with van der Waals surface area (Å²) in [7, 11) is 0. The van der Waals surface area contributed by atoms with Crippen LogP contribution in [0.5, 0.6) is 0 Å². The number of rotatable bonds is 3. The van der Waals surface area contributed by atoms with E-state index in [-0.39, 0.29) is 5.91 Å². The number of urea groups is 1. The van der Waals surface area contributed by atoms with Gasteiger partial charge in [-0.05, 0) is 38.0 Å². The molecule has 1 aliphatic heterocycles. The Bertz CT molecular complexity index is 765. The molecule has 2 aromatic rings. The molecular formula is C16H16ClN3O3. The van der Waals surface area contributed by atoms with Gasteiger partial charge in [-0.2, -0.15) is 0 Å². The predicted octanol–water partition coefficient (Wildman–Crippen LogP) is 3.31. The van der Waals surface area contributed by atoms with E-state index in [0.717, 1.165) is 4.90 Å². The Balaban J connectivity index is 2.10. The van der Waals surface area contributed by atoms with E-state index < -0.39 is 11.6 Å². The van der Waals surface area contributed by atoms with Crippen LogP contribution in [0.1, 0.15) is 30.4 Å². The number of nitrogens with one attached hydrogen (secondary N) is 1. The first-order chi connectivity index (χ1) is 10.9. The molecule has 3 amide bonds. The number of amides is 3. The molecule has 0 aliphatic carbocycles. The van der Waals surface area contributed by atoms with Crippen LogP contribution in [0.2, 0.25) is 5.02 Å². The number of aromatic nitrogens is 1. The summed E-state index contributed by atoms with van der Waals surface area (Å²) in [4.78, 5) is 26.7. The summed E-state index contributed by atoms with van der Waals surface area (Å²) in [5.41, 5.74) is 0.473. The third-order valence-corrected chi connectivity index (χ3v) is 4.43. The average molecular weight is 334 g/mol. The largest absolute Gasteiger partial charge is 0.359 e. The first kappa shape index (κ1) is 15.6. The lowest BCUT2D eigenvalue weighted by atomic mass is 9.87. The van der Waals surface area contributed by atoms with Gasteiger partial charge in [0, 0.05) is 5.02 Å². The van der Waals surface area contributed by atoms with Gasteiger partial charge in [-0.3, -0.25) is 4.79 Å². The molecule has 23 heavy (non-hydrogen) atoms. The molecule has 3 rings (SSSR count). The highest BCUT2D eigenvalue weighted by molar-refractivity contribution is 6.30. The Labute approximate surface area is 138 Å². The second kappa shape index (κ2) is 5.38. The fourth-order valence-electron chi connectivity index (χ4n) is 2.95. The number of benzene rings is 1. The summed E-state index contributed by atoms with van der Waals surface area (Å²) in [6.07, 6.45) is 0.416. The van der Waals surface area contributed by atoms with Crippen LogP contribution in [0.25, 0.3) is 0 Å². The highest BCUT2D eigenvalue weighted by Gasteiger charge is 2.53. The summed E-state index contributed by atoms with van der Waals surface area (Å²) in [5.74, 6) is 0.0794. The van der Waals surface area contributed by atoms with E-state index in [4.69, 9.17) is 16.1 Å². The van der Waals surface area contributed by atoms with E-state index in [9.17, 15) is 9.59 Å². The second-order valence-electron chi connectivity index (χ2n) is 5.51. The van der Waals surface area contributed by atoms with Crippen molar-refractivity contribution in [1.29, 1.82) is 0 Å². The minimum atomic E-state index is -1.11. The Morgan fingerprint density at radius 2 is 1.91 bits per heavy atom. The summed E-state index contributed by atoms with van der Waals surface area (Å²) in [6.45, 7) is 5.22. The van der Waals surface area contributed by atoms with E-state index in [0.29, 0.717) is 34.1 Å². The van der Waals surface area contributed by atoms with Crippen molar-refractivity contribution in [2.24, 2.45) is 0 Å². The molecule has 1 aromatic heterocycles. The lowest BCUT2D eigenvalue weighted by Gasteiger charge is -2.25. The van der Waals surface area contributed by atoms with E-state index in [1.165, 1.54) is 0 Å². The summed E-state index contributed by atoms with van der Waals surface area (Å²) in [6, 6.07) is 6.42. The minimum absolute atomic E-state index is 0.346. The van der Waals surface area contributed by atoms with Crippen LogP contribution in [-0.2, 0) is 10.3 Å². The van der Waals surface area contributed by atoms with Crippen molar-refractivity contribution in [3.05, 3.63) is 46.3 Å².